The van der Waals surface area contributed by atoms with Crippen LogP contribution in [0.15, 0.2) is 17.0 Å². The van der Waals surface area contributed by atoms with E-state index in [4.69, 9.17) is 28.3 Å². The van der Waals surface area contributed by atoms with Crippen molar-refractivity contribution in [1.29, 1.82) is 0 Å². The minimum atomic E-state index is -3.90. The standard InChI is InChI=1S/C13H16Cl2N2O3S2/c14-10-5-9(22(16,19)20)6-11(15)13(10)17-12(18)7-21-8-3-1-2-4-8/h5-6,8H,1-4,7H2,(H,17,18)(H2,16,19,20). The van der Waals surface area contributed by atoms with E-state index in [1.807, 2.05) is 0 Å². The van der Waals surface area contributed by atoms with E-state index in [9.17, 15) is 13.2 Å². The highest BCUT2D eigenvalue weighted by atomic mass is 35.5. The predicted octanol–water partition coefficient (Wildman–Crippen LogP) is 3.26. The Morgan fingerprint density at radius 1 is 1.27 bits per heavy atom. The lowest BCUT2D eigenvalue weighted by Crippen LogP contribution is -2.17. The Morgan fingerprint density at radius 2 is 1.82 bits per heavy atom. The summed E-state index contributed by atoms with van der Waals surface area (Å²) in [5.74, 6) is 0.0953. The first-order valence-corrected chi connectivity index (χ1v) is 10.1. The Morgan fingerprint density at radius 3 is 2.32 bits per heavy atom. The number of halogens is 2. The number of carbonyl (C=O) groups is 1. The summed E-state index contributed by atoms with van der Waals surface area (Å²) in [6.07, 6.45) is 4.71. The molecule has 1 aliphatic rings. The molecule has 0 aliphatic heterocycles. The van der Waals surface area contributed by atoms with E-state index in [-0.39, 0.29) is 26.5 Å². The monoisotopic (exact) mass is 382 g/mol. The number of nitrogens with one attached hydrogen (secondary N) is 1. The highest BCUT2D eigenvalue weighted by Gasteiger charge is 2.19. The molecular weight excluding hydrogens is 367 g/mol. The molecule has 1 aromatic carbocycles. The van der Waals surface area contributed by atoms with Crippen LogP contribution in [0.25, 0.3) is 0 Å². The van der Waals surface area contributed by atoms with E-state index >= 15 is 0 Å². The maximum absolute atomic E-state index is 12.0. The van der Waals surface area contributed by atoms with Crippen molar-refractivity contribution in [2.75, 3.05) is 11.1 Å². The fourth-order valence-corrected chi connectivity index (χ4v) is 4.66. The van der Waals surface area contributed by atoms with Crippen LogP contribution in [-0.4, -0.2) is 25.3 Å². The molecule has 1 amide bonds. The van der Waals surface area contributed by atoms with E-state index in [0.717, 1.165) is 12.8 Å². The SMILES string of the molecule is NS(=O)(=O)c1cc(Cl)c(NC(=O)CSC2CCCC2)c(Cl)c1. The third kappa shape index (κ3) is 4.76. The molecule has 0 aromatic heterocycles. The average molecular weight is 383 g/mol. The van der Waals surface area contributed by atoms with Crippen LogP contribution in [0.3, 0.4) is 0 Å². The van der Waals surface area contributed by atoms with Crippen LogP contribution >= 0.6 is 35.0 Å². The van der Waals surface area contributed by atoms with Gasteiger partial charge in [-0.15, -0.1) is 11.8 Å². The van der Waals surface area contributed by atoms with Crippen LogP contribution < -0.4 is 10.5 Å². The first kappa shape index (κ1) is 17.9. The molecule has 3 N–H and O–H groups in total. The van der Waals surface area contributed by atoms with Crippen LogP contribution in [0.1, 0.15) is 25.7 Å². The van der Waals surface area contributed by atoms with Gasteiger partial charge in [0.15, 0.2) is 0 Å². The summed E-state index contributed by atoms with van der Waals surface area (Å²) in [4.78, 5) is 11.8. The molecule has 0 heterocycles. The normalized spacial score (nSPS) is 16.0. The first-order chi connectivity index (χ1) is 10.3. The van der Waals surface area contributed by atoms with Gasteiger partial charge in [-0.1, -0.05) is 36.0 Å². The molecular formula is C13H16Cl2N2O3S2. The van der Waals surface area contributed by atoms with Crippen molar-refractivity contribution in [3.05, 3.63) is 22.2 Å². The Bertz CT molecular complexity index is 651. The number of carbonyl (C=O) groups excluding carboxylic acids is 1. The lowest BCUT2D eigenvalue weighted by Gasteiger charge is -2.12. The molecule has 22 heavy (non-hydrogen) atoms. The zero-order valence-corrected chi connectivity index (χ0v) is 14.8. The number of primary sulfonamides is 1. The third-order valence-electron chi connectivity index (χ3n) is 3.36. The van der Waals surface area contributed by atoms with E-state index < -0.39 is 10.0 Å². The van der Waals surface area contributed by atoms with Crippen molar-refractivity contribution >= 4 is 56.6 Å². The quantitative estimate of drug-likeness (QED) is 0.817. The average Bonchev–Trinajstić information content (AvgIpc) is 2.92. The molecule has 0 bridgehead atoms. The van der Waals surface area contributed by atoms with Gasteiger partial charge in [-0.25, -0.2) is 13.6 Å². The van der Waals surface area contributed by atoms with Gasteiger partial charge in [0.05, 0.1) is 26.4 Å². The number of thioether (sulfide) groups is 1. The molecule has 122 valence electrons. The van der Waals surface area contributed by atoms with Gasteiger partial charge in [0.1, 0.15) is 0 Å². The molecule has 2 rings (SSSR count). The molecule has 1 aliphatic carbocycles. The fraction of sp³-hybridized carbons (Fsp3) is 0.462. The highest BCUT2D eigenvalue weighted by molar-refractivity contribution is 8.00. The second kappa shape index (κ2) is 7.40. The summed E-state index contributed by atoms with van der Waals surface area (Å²) in [6, 6.07) is 2.34. The third-order valence-corrected chi connectivity index (χ3v) is 6.22. The highest BCUT2D eigenvalue weighted by Crippen LogP contribution is 2.34. The summed E-state index contributed by atoms with van der Waals surface area (Å²) in [5, 5.41) is 8.25. The maximum atomic E-state index is 12.0. The van der Waals surface area contributed by atoms with Crippen molar-refractivity contribution in [3.8, 4) is 0 Å². The number of nitrogens with two attached hydrogens (primary N) is 1. The van der Waals surface area contributed by atoms with Gasteiger partial charge in [-0.3, -0.25) is 4.79 Å². The van der Waals surface area contributed by atoms with Gasteiger partial charge in [0, 0.05) is 5.25 Å². The Balaban J connectivity index is 2.04. The van der Waals surface area contributed by atoms with Gasteiger partial charge in [0.2, 0.25) is 15.9 Å². The van der Waals surface area contributed by atoms with Crippen LogP contribution in [0.2, 0.25) is 10.0 Å². The Kier molecular flexibility index (Phi) is 6.01. The van der Waals surface area contributed by atoms with Crippen molar-refractivity contribution < 1.29 is 13.2 Å². The minimum Gasteiger partial charge on any atom is -0.323 e. The number of hydrogen-bond acceptors (Lipinski definition) is 4. The molecule has 0 atom stereocenters. The van der Waals surface area contributed by atoms with Gasteiger partial charge < -0.3 is 5.32 Å². The number of sulfonamides is 1. The van der Waals surface area contributed by atoms with E-state index in [1.54, 1.807) is 11.8 Å². The lowest BCUT2D eigenvalue weighted by atomic mass is 10.3. The van der Waals surface area contributed by atoms with Crippen LogP contribution in [0.4, 0.5) is 5.69 Å². The lowest BCUT2D eigenvalue weighted by molar-refractivity contribution is -0.113. The topological polar surface area (TPSA) is 89.3 Å². The summed E-state index contributed by atoms with van der Waals surface area (Å²) >= 11 is 13.6. The Labute approximate surface area is 144 Å². The number of amides is 1. The van der Waals surface area contributed by atoms with Crippen molar-refractivity contribution in [1.82, 2.24) is 0 Å². The molecule has 1 saturated carbocycles. The maximum Gasteiger partial charge on any atom is 0.238 e. The minimum absolute atomic E-state index is 0.0377. The van der Waals surface area contributed by atoms with Crippen LogP contribution in [-0.2, 0) is 14.8 Å². The molecule has 1 aromatic rings. The molecule has 5 nitrogen and oxygen atoms in total. The predicted molar refractivity (Wildman–Crippen MR) is 91.2 cm³/mol. The summed E-state index contributed by atoms with van der Waals surface area (Å²) in [7, 11) is -3.90. The number of rotatable bonds is 5. The number of hydrogen-bond donors (Lipinski definition) is 2. The van der Waals surface area contributed by atoms with Gasteiger partial charge >= 0.3 is 0 Å². The molecule has 0 radical (unpaired) electrons. The summed E-state index contributed by atoms with van der Waals surface area (Å²) in [6.45, 7) is 0. The summed E-state index contributed by atoms with van der Waals surface area (Å²) in [5.41, 5.74) is 0.202. The Hall–Kier alpha value is -0.470. The summed E-state index contributed by atoms with van der Waals surface area (Å²) < 4.78 is 22.6. The van der Waals surface area contributed by atoms with Gasteiger partial charge in [-0.05, 0) is 25.0 Å². The second-order valence-electron chi connectivity index (χ2n) is 5.07. The second-order valence-corrected chi connectivity index (χ2v) is 8.74. The van der Waals surface area contributed by atoms with E-state index in [2.05, 4.69) is 5.32 Å². The molecule has 0 saturated heterocycles. The van der Waals surface area contributed by atoms with E-state index in [0.29, 0.717) is 11.0 Å². The van der Waals surface area contributed by atoms with Crippen LogP contribution in [0.5, 0.6) is 0 Å². The smallest absolute Gasteiger partial charge is 0.238 e. The van der Waals surface area contributed by atoms with Crippen molar-refractivity contribution in [2.45, 2.75) is 35.8 Å². The van der Waals surface area contributed by atoms with E-state index in [1.165, 1.54) is 25.0 Å². The van der Waals surface area contributed by atoms with Crippen LogP contribution in [0, 0.1) is 0 Å². The van der Waals surface area contributed by atoms with Crippen molar-refractivity contribution in [3.63, 3.8) is 0 Å². The van der Waals surface area contributed by atoms with Gasteiger partial charge in [0.25, 0.3) is 0 Å². The molecule has 9 heteroatoms. The number of anilines is 1. The largest absolute Gasteiger partial charge is 0.323 e. The zero-order valence-electron chi connectivity index (χ0n) is 11.6. The number of benzene rings is 1. The molecule has 0 unspecified atom stereocenters. The van der Waals surface area contributed by atoms with Crippen molar-refractivity contribution in [2.24, 2.45) is 5.14 Å². The molecule has 0 spiro atoms. The first-order valence-electron chi connectivity index (χ1n) is 6.70. The zero-order chi connectivity index (χ0) is 16.3. The fourth-order valence-electron chi connectivity index (χ4n) is 2.26. The van der Waals surface area contributed by atoms with Gasteiger partial charge in [-0.2, -0.15) is 0 Å². The molecule has 1 fully saturated rings.